The normalized spacial score (nSPS) is 12.5. The largest absolute Gasteiger partial charge is 0.490 e. The molecular weight excluding hydrogens is 325 g/mol. The van der Waals surface area contributed by atoms with Crippen molar-refractivity contribution in [3.8, 4) is 11.3 Å². The van der Waals surface area contributed by atoms with E-state index in [0.717, 1.165) is 30.5 Å². The molecule has 0 unspecified atom stereocenters. The lowest BCUT2D eigenvalue weighted by atomic mass is 10.0. The molecule has 0 atom stereocenters. The van der Waals surface area contributed by atoms with Crippen molar-refractivity contribution in [2.24, 2.45) is 0 Å². The van der Waals surface area contributed by atoms with E-state index in [-0.39, 0.29) is 0 Å². The second-order valence-corrected chi connectivity index (χ2v) is 4.90. The Hall–Kier alpha value is -2.90. The molecule has 8 heteroatoms. The fourth-order valence-electron chi connectivity index (χ4n) is 2.25. The first-order chi connectivity index (χ1) is 11.3. The van der Waals surface area contributed by atoms with Crippen LogP contribution in [0.25, 0.3) is 11.3 Å². The number of aldehydes is 1. The number of carbonyl (C=O) groups excluding carboxylic acids is 1. The third kappa shape index (κ3) is 4.09. The summed E-state index contributed by atoms with van der Waals surface area (Å²) in [6.07, 6.45) is -1.54. The number of fused-ring (bicyclic) bond motifs is 1. The highest BCUT2D eigenvalue weighted by molar-refractivity contribution is 5.80. The minimum atomic E-state index is -5.08. The van der Waals surface area contributed by atoms with Gasteiger partial charge in [0.15, 0.2) is 0 Å². The van der Waals surface area contributed by atoms with E-state index in [0.29, 0.717) is 5.56 Å². The van der Waals surface area contributed by atoms with Crippen LogP contribution in [-0.4, -0.2) is 35.1 Å². The van der Waals surface area contributed by atoms with Gasteiger partial charge in [0.25, 0.3) is 0 Å². The molecule has 2 heterocycles. The fraction of sp³-hybridized carbons (Fsp3) is 0.188. The number of nitrogens with zero attached hydrogens (tertiary/aromatic N) is 1. The first kappa shape index (κ1) is 17.5. The van der Waals surface area contributed by atoms with Gasteiger partial charge in [-0.2, -0.15) is 13.2 Å². The van der Waals surface area contributed by atoms with Crippen LogP contribution in [0.1, 0.15) is 15.9 Å². The molecule has 0 fully saturated rings. The van der Waals surface area contributed by atoms with E-state index in [4.69, 9.17) is 9.90 Å². The maximum absolute atomic E-state index is 10.8. The van der Waals surface area contributed by atoms with E-state index in [1.807, 2.05) is 12.1 Å². The molecule has 1 aliphatic heterocycles. The topological polar surface area (TPSA) is 79.3 Å². The zero-order chi connectivity index (χ0) is 17.7. The summed E-state index contributed by atoms with van der Waals surface area (Å²) in [6, 6.07) is 9.71. The lowest BCUT2D eigenvalue weighted by Gasteiger charge is -2.07. The molecule has 0 aliphatic carbocycles. The summed E-state index contributed by atoms with van der Waals surface area (Å²) < 4.78 is 31.7. The molecule has 0 amide bonds. The summed E-state index contributed by atoms with van der Waals surface area (Å²) in [5.41, 5.74) is 5.13. The third-order valence-corrected chi connectivity index (χ3v) is 3.31. The van der Waals surface area contributed by atoms with Gasteiger partial charge >= 0.3 is 12.1 Å². The second kappa shape index (κ2) is 7.12. The molecule has 24 heavy (non-hydrogen) atoms. The molecule has 0 saturated carbocycles. The van der Waals surface area contributed by atoms with E-state index in [2.05, 4.69) is 22.4 Å². The quantitative estimate of drug-likeness (QED) is 0.822. The van der Waals surface area contributed by atoms with Crippen LogP contribution in [0.4, 0.5) is 18.9 Å². The van der Waals surface area contributed by atoms with Crippen molar-refractivity contribution >= 4 is 17.9 Å². The Morgan fingerprint density at radius 3 is 2.62 bits per heavy atom. The molecule has 0 radical (unpaired) electrons. The lowest BCUT2D eigenvalue weighted by Crippen LogP contribution is -2.21. The highest BCUT2D eigenvalue weighted by atomic mass is 19.4. The predicted octanol–water partition coefficient (Wildman–Crippen LogP) is 3.16. The molecule has 5 nitrogen and oxygen atoms in total. The molecule has 1 aromatic heterocycles. The monoisotopic (exact) mass is 338 g/mol. The number of rotatable bonds is 2. The number of alkyl halides is 3. The summed E-state index contributed by atoms with van der Waals surface area (Å²) in [5.74, 6) is -2.76. The van der Waals surface area contributed by atoms with Crippen LogP contribution < -0.4 is 5.32 Å². The van der Waals surface area contributed by atoms with Crippen molar-refractivity contribution < 1.29 is 27.9 Å². The molecule has 1 aromatic carbocycles. The summed E-state index contributed by atoms with van der Waals surface area (Å²) >= 11 is 0. The number of carboxylic acid groups (broad SMARTS) is 1. The van der Waals surface area contributed by atoms with Gasteiger partial charge in [0.2, 0.25) is 0 Å². The number of hydrogen-bond donors (Lipinski definition) is 2. The fourth-order valence-corrected chi connectivity index (χ4v) is 2.25. The average Bonchev–Trinajstić information content (AvgIpc) is 3.03. The van der Waals surface area contributed by atoms with Gasteiger partial charge in [-0.3, -0.25) is 9.78 Å². The van der Waals surface area contributed by atoms with E-state index in [9.17, 15) is 18.0 Å². The Labute approximate surface area is 135 Å². The molecule has 1 aliphatic rings. The number of benzene rings is 1. The summed E-state index contributed by atoms with van der Waals surface area (Å²) in [7, 11) is 0. The van der Waals surface area contributed by atoms with Gasteiger partial charge in [0.05, 0.1) is 5.69 Å². The van der Waals surface area contributed by atoms with Crippen molar-refractivity contribution in [1.29, 1.82) is 0 Å². The molecule has 3 rings (SSSR count). The zero-order valence-electron chi connectivity index (χ0n) is 12.3. The Kier molecular flexibility index (Phi) is 5.18. The van der Waals surface area contributed by atoms with Crippen LogP contribution in [0.5, 0.6) is 0 Å². The lowest BCUT2D eigenvalue weighted by molar-refractivity contribution is -0.192. The van der Waals surface area contributed by atoms with E-state index >= 15 is 0 Å². The van der Waals surface area contributed by atoms with Crippen LogP contribution >= 0.6 is 0 Å². The predicted molar refractivity (Wildman–Crippen MR) is 80.9 cm³/mol. The molecule has 0 bridgehead atoms. The number of carboxylic acids is 1. The van der Waals surface area contributed by atoms with E-state index in [1.54, 1.807) is 12.3 Å². The van der Waals surface area contributed by atoms with Gasteiger partial charge in [-0.15, -0.1) is 0 Å². The molecular formula is C16H13F3N2O3. The van der Waals surface area contributed by atoms with Gasteiger partial charge in [-0.25, -0.2) is 4.79 Å². The van der Waals surface area contributed by atoms with Crippen LogP contribution in [0.15, 0.2) is 36.5 Å². The number of pyridine rings is 1. The zero-order valence-corrected chi connectivity index (χ0v) is 12.3. The van der Waals surface area contributed by atoms with Gasteiger partial charge in [0, 0.05) is 29.6 Å². The van der Waals surface area contributed by atoms with Crippen LogP contribution in [0.2, 0.25) is 0 Å². The number of nitrogens with one attached hydrogen (secondary N) is 1. The third-order valence-electron chi connectivity index (χ3n) is 3.31. The standard InChI is InChI=1S/C14H12N2O.C2HF3O2/c17-9-10-4-6-16-14(8-10)11-2-1-3-13-12(11)5-7-15-13;3-2(4,5)1(6)7/h1-4,6,8-9,15H,5,7H2;(H,6,7). The Morgan fingerprint density at radius 2 is 2.00 bits per heavy atom. The Morgan fingerprint density at radius 1 is 1.29 bits per heavy atom. The average molecular weight is 338 g/mol. The number of anilines is 1. The number of aliphatic carboxylic acids is 1. The van der Waals surface area contributed by atoms with Gasteiger partial charge in [0.1, 0.15) is 6.29 Å². The maximum atomic E-state index is 10.8. The molecule has 0 spiro atoms. The van der Waals surface area contributed by atoms with E-state index < -0.39 is 12.1 Å². The first-order valence-electron chi connectivity index (χ1n) is 6.90. The molecule has 126 valence electrons. The minimum Gasteiger partial charge on any atom is -0.475 e. The second-order valence-electron chi connectivity index (χ2n) is 4.90. The molecule has 0 saturated heterocycles. The number of carbonyl (C=O) groups is 2. The van der Waals surface area contributed by atoms with Crippen molar-refractivity contribution in [1.82, 2.24) is 4.98 Å². The highest BCUT2D eigenvalue weighted by Gasteiger charge is 2.38. The number of halogens is 3. The van der Waals surface area contributed by atoms with Gasteiger partial charge in [-0.1, -0.05) is 12.1 Å². The van der Waals surface area contributed by atoms with Gasteiger partial charge < -0.3 is 10.4 Å². The molecule has 2 aromatic rings. The first-order valence-corrected chi connectivity index (χ1v) is 6.90. The molecule has 2 N–H and O–H groups in total. The van der Waals surface area contributed by atoms with Crippen LogP contribution in [-0.2, 0) is 11.2 Å². The highest BCUT2D eigenvalue weighted by Crippen LogP contribution is 2.31. The summed E-state index contributed by atoms with van der Waals surface area (Å²) in [5, 5.41) is 10.5. The van der Waals surface area contributed by atoms with E-state index in [1.165, 1.54) is 11.3 Å². The minimum absolute atomic E-state index is 0.665. The van der Waals surface area contributed by atoms with Gasteiger partial charge in [-0.05, 0) is 30.2 Å². The SMILES string of the molecule is O=C(O)C(F)(F)F.O=Cc1ccnc(-c2cccc3c2CCN3)c1. The van der Waals surface area contributed by atoms with Crippen molar-refractivity contribution in [2.75, 3.05) is 11.9 Å². The number of aromatic nitrogens is 1. The summed E-state index contributed by atoms with van der Waals surface area (Å²) in [4.78, 5) is 24.0. The van der Waals surface area contributed by atoms with Crippen molar-refractivity contribution in [3.63, 3.8) is 0 Å². The smallest absolute Gasteiger partial charge is 0.475 e. The van der Waals surface area contributed by atoms with Crippen molar-refractivity contribution in [3.05, 3.63) is 47.7 Å². The Balaban J connectivity index is 0.000000256. The van der Waals surface area contributed by atoms with Crippen LogP contribution in [0, 0.1) is 0 Å². The van der Waals surface area contributed by atoms with Crippen molar-refractivity contribution in [2.45, 2.75) is 12.6 Å². The Bertz CT molecular complexity index is 760. The number of hydrogen-bond acceptors (Lipinski definition) is 4. The maximum Gasteiger partial charge on any atom is 0.490 e. The summed E-state index contributed by atoms with van der Waals surface area (Å²) in [6.45, 7) is 0.972. The van der Waals surface area contributed by atoms with Crippen LogP contribution in [0.3, 0.4) is 0 Å².